The van der Waals surface area contributed by atoms with E-state index in [0.717, 1.165) is 47.7 Å². The van der Waals surface area contributed by atoms with Crippen LogP contribution in [-0.2, 0) is 0 Å². The van der Waals surface area contributed by atoms with Gasteiger partial charge >= 0.3 is 0 Å². The molecule has 0 saturated carbocycles. The van der Waals surface area contributed by atoms with Gasteiger partial charge in [0.2, 0.25) is 0 Å². The lowest BCUT2D eigenvalue weighted by Gasteiger charge is -2.29. The lowest BCUT2D eigenvalue weighted by Crippen LogP contribution is -2.50. The second-order valence-electron chi connectivity index (χ2n) is 10.2. The summed E-state index contributed by atoms with van der Waals surface area (Å²) >= 11 is 0. The van der Waals surface area contributed by atoms with Crippen LogP contribution >= 0.6 is 0 Å². The maximum absolute atomic E-state index is 14.1. The fourth-order valence-corrected chi connectivity index (χ4v) is 4.59. The number of halogens is 2. The zero-order valence-electron chi connectivity index (χ0n) is 22.0. The number of hydrogen-bond donors (Lipinski definition) is 3. The van der Waals surface area contributed by atoms with Crippen LogP contribution in [0.25, 0.3) is 22.3 Å². The third-order valence-electron chi connectivity index (χ3n) is 7.15. The monoisotopic (exact) mass is 541 g/mol. The van der Waals surface area contributed by atoms with E-state index in [1.54, 1.807) is 18.2 Å². The molecule has 2 aliphatic rings. The Morgan fingerprint density at radius 1 is 0.725 bits per heavy atom. The van der Waals surface area contributed by atoms with Crippen molar-refractivity contribution < 1.29 is 23.0 Å². The molecule has 2 aliphatic heterocycles. The molecule has 4 aromatic rings. The van der Waals surface area contributed by atoms with Crippen LogP contribution in [0.5, 0.6) is 11.5 Å². The molecular weight excluding hydrogens is 512 g/mol. The van der Waals surface area contributed by atoms with Crippen LogP contribution in [-0.4, -0.2) is 44.3 Å². The third kappa shape index (κ3) is 5.54. The maximum atomic E-state index is 14.1. The van der Waals surface area contributed by atoms with Crippen molar-refractivity contribution in [3.63, 3.8) is 0 Å². The molecule has 8 heteroatoms. The largest absolute Gasteiger partial charge is 0.487 e. The molecule has 204 valence electrons. The lowest BCUT2D eigenvalue weighted by atomic mass is 10.0. The molecule has 4 aromatic carbocycles. The van der Waals surface area contributed by atoms with Crippen LogP contribution < -0.4 is 25.4 Å². The molecule has 0 bridgehead atoms. The van der Waals surface area contributed by atoms with Crippen LogP contribution in [0.15, 0.2) is 78.9 Å². The van der Waals surface area contributed by atoms with Crippen molar-refractivity contribution in [1.29, 1.82) is 0 Å². The van der Waals surface area contributed by atoms with Gasteiger partial charge in [0.1, 0.15) is 23.7 Å². The van der Waals surface area contributed by atoms with Gasteiger partial charge in [0, 0.05) is 48.6 Å². The highest BCUT2D eigenvalue weighted by Gasteiger charge is 2.23. The molecule has 1 amide bonds. The van der Waals surface area contributed by atoms with Gasteiger partial charge in [0.15, 0.2) is 11.6 Å². The van der Waals surface area contributed by atoms with Gasteiger partial charge in [-0.3, -0.25) is 4.79 Å². The Bertz CT molecular complexity index is 1550. The van der Waals surface area contributed by atoms with E-state index in [1.807, 2.05) is 49.4 Å². The van der Waals surface area contributed by atoms with Gasteiger partial charge in [-0.1, -0.05) is 35.9 Å². The highest BCUT2D eigenvalue weighted by atomic mass is 19.2. The van der Waals surface area contributed by atoms with Crippen LogP contribution in [0.1, 0.15) is 15.9 Å². The Hall–Kier alpha value is -4.27. The molecule has 0 unspecified atom stereocenters. The fraction of sp³-hybridized carbons (Fsp3) is 0.219. The normalized spacial score (nSPS) is 15.2. The number of benzene rings is 4. The summed E-state index contributed by atoms with van der Waals surface area (Å²) in [6.45, 7) is 5.01. The van der Waals surface area contributed by atoms with E-state index in [4.69, 9.17) is 9.47 Å². The molecule has 2 heterocycles. The molecule has 3 N–H and O–H groups in total. The van der Waals surface area contributed by atoms with E-state index in [1.165, 1.54) is 6.07 Å². The highest BCUT2D eigenvalue weighted by molar-refractivity contribution is 6.05. The summed E-state index contributed by atoms with van der Waals surface area (Å²) in [6.07, 6.45) is 0.0798. The van der Waals surface area contributed by atoms with Gasteiger partial charge in [-0.2, -0.15) is 0 Å². The quantitative estimate of drug-likeness (QED) is 0.273. The molecule has 0 aliphatic carbocycles. The van der Waals surface area contributed by atoms with Crippen LogP contribution in [0.4, 0.5) is 14.5 Å². The van der Waals surface area contributed by atoms with Gasteiger partial charge in [-0.15, -0.1) is 0 Å². The van der Waals surface area contributed by atoms with Crippen LogP contribution in [0.3, 0.4) is 0 Å². The summed E-state index contributed by atoms with van der Waals surface area (Å²) in [5.74, 6) is -0.989. The Morgan fingerprint density at radius 3 is 1.93 bits per heavy atom. The number of carbonyl (C=O) groups is 1. The van der Waals surface area contributed by atoms with Crippen molar-refractivity contribution in [3.8, 4) is 33.8 Å². The Labute approximate surface area is 231 Å². The van der Waals surface area contributed by atoms with Crippen molar-refractivity contribution in [2.24, 2.45) is 0 Å². The first-order valence-electron chi connectivity index (χ1n) is 13.3. The average Bonchev–Trinajstić information content (AvgIpc) is 2.91. The van der Waals surface area contributed by atoms with E-state index in [-0.39, 0.29) is 18.1 Å². The number of carbonyl (C=O) groups excluding carboxylic acids is 1. The number of hydrogen-bond acceptors (Lipinski definition) is 5. The maximum Gasteiger partial charge on any atom is 0.255 e. The summed E-state index contributed by atoms with van der Waals surface area (Å²) in [6, 6.07) is 22.4. The molecule has 0 radical (unpaired) electrons. The zero-order chi connectivity index (χ0) is 27.6. The smallest absolute Gasteiger partial charge is 0.255 e. The molecule has 6 rings (SSSR count). The number of rotatable bonds is 8. The minimum absolute atomic E-state index is 0.0274. The standard InChI is InChI=1S/C32H29F2N3O3/c1-19-2-4-20(5-3-19)27-14-23(8-11-31(27)40-25-17-36-18-25)37-32(38)22-7-10-30(39-24-15-35-16-24)26(12-22)21-6-9-28(33)29(34)13-21/h2-14,24-25,35-36H,15-18H2,1H3,(H,37,38). The number of nitrogens with one attached hydrogen (secondary N) is 3. The molecule has 0 aromatic heterocycles. The minimum atomic E-state index is -0.966. The Balaban J connectivity index is 1.30. The first-order valence-corrected chi connectivity index (χ1v) is 13.3. The number of amides is 1. The summed E-state index contributed by atoms with van der Waals surface area (Å²) in [4.78, 5) is 13.4. The van der Waals surface area contributed by atoms with Crippen molar-refractivity contribution in [2.75, 3.05) is 31.5 Å². The van der Waals surface area contributed by atoms with Crippen molar-refractivity contribution >= 4 is 11.6 Å². The minimum Gasteiger partial charge on any atom is -0.487 e. The summed E-state index contributed by atoms with van der Waals surface area (Å²) in [5.41, 5.74) is 4.91. The van der Waals surface area contributed by atoms with Gasteiger partial charge < -0.3 is 25.4 Å². The highest BCUT2D eigenvalue weighted by Crippen LogP contribution is 2.36. The van der Waals surface area contributed by atoms with E-state index >= 15 is 0 Å². The first kappa shape index (κ1) is 26.0. The van der Waals surface area contributed by atoms with Crippen LogP contribution in [0, 0.1) is 18.6 Å². The summed E-state index contributed by atoms with van der Waals surface area (Å²) in [5, 5.41) is 9.33. The van der Waals surface area contributed by atoms with Crippen molar-refractivity contribution in [1.82, 2.24) is 10.6 Å². The number of aryl methyl sites for hydroxylation is 1. The molecule has 0 spiro atoms. The number of ether oxygens (including phenoxy) is 2. The Kier molecular flexibility index (Phi) is 7.19. The third-order valence-corrected chi connectivity index (χ3v) is 7.15. The van der Waals surface area contributed by atoms with E-state index in [0.29, 0.717) is 41.2 Å². The molecule has 6 nitrogen and oxygen atoms in total. The molecule has 40 heavy (non-hydrogen) atoms. The first-order chi connectivity index (χ1) is 19.4. The predicted octanol–water partition coefficient (Wildman–Crippen LogP) is 5.56. The zero-order valence-corrected chi connectivity index (χ0v) is 22.0. The van der Waals surface area contributed by atoms with Gasteiger partial charge in [0.05, 0.1) is 0 Å². The Morgan fingerprint density at radius 2 is 1.32 bits per heavy atom. The SMILES string of the molecule is Cc1ccc(-c2cc(NC(=O)c3ccc(OC4CNC4)c(-c4ccc(F)c(F)c4)c3)ccc2OC2CNC2)cc1. The van der Waals surface area contributed by atoms with E-state index < -0.39 is 11.6 Å². The predicted molar refractivity (Wildman–Crippen MR) is 151 cm³/mol. The molecule has 0 atom stereocenters. The average molecular weight is 542 g/mol. The van der Waals surface area contributed by atoms with Gasteiger partial charge in [-0.25, -0.2) is 8.78 Å². The van der Waals surface area contributed by atoms with E-state index in [2.05, 4.69) is 16.0 Å². The van der Waals surface area contributed by atoms with Crippen LogP contribution in [0.2, 0.25) is 0 Å². The van der Waals surface area contributed by atoms with Gasteiger partial charge in [-0.05, 0) is 66.6 Å². The summed E-state index contributed by atoms with van der Waals surface area (Å²) < 4.78 is 40.0. The second-order valence-corrected chi connectivity index (χ2v) is 10.2. The topological polar surface area (TPSA) is 71.6 Å². The second kappa shape index (κ2) is 11.1. The van der Waals surface area contributed by atoms with Crippen molar-refractivity contribution in [3.05, 3.63) is 102 Å². The molecule has 2 saturated heterocycles. The molecular formula is C32H29F2N3O3. The summed E-state index contributed by atoms with van der Waals surface area (Å²) in [7, 11) is 0. The number of anilines is 1. The van der Waals surface area contributed by atoms with Crippen molar-refractivity contribution in [2.45, 2.75) is 19.1 Å². The van der Waals surface area contributed by atoms with E-state index in [9.17, 15) is 13.6 Å². The van der Waals surface area contributed by atoms with Gasteiger partial charge in [0.25, 0.3) is 5.91 Å². The lowest BCUT2D eigenvalue weighted by molar-refractivity contribution is 0.102. The fourth-order valence-electron chi connectivity index (χ4n) is 4.59. The molecule has 2 fully saturated rings.